The van der Waals surface area contributed by atoms with E-state index in [1.807, 2.05) is 47.4 Å². The lowest BCUT2D eigenvalue weighted by Crippen LogP contribution is -2.37. The smallest absolute Gasteiger partial charge is 0.191 e. The number of benzene rings is 1. The molecule has 0 aliphatic heterocycles. The summed E-state index contributed by atoms with van der Waals surface area (Å²) in [6.45, 7) is 3.44. The van der Waals surface area contributed by atoms with Gasteiger partial charge in [0.05, 0.1) is 25.1 Å². The van der Waals surface area contributed by atoms with Crippen LogP contribution in [0.25, 0.3) is 5.69 Å². The second kappa shape index (κ2) is 13.5. The summed E-state index contributed by atoms with van der Waals surface area (Å²) in [5, 5.41) is 10.9. The van der Waals surface area contributed by atoms with E-state index in [1.165, 1.54) is 0 Å². The third kappa shape index (κ3) is 8.15. The number of hydrogen-bond acceptors (Lipinski definition) is 4. The van der Waals surface area contributed by atoms with E-state index in [0.29, 0.717) is 26.4 Å². The second-order valence-electron chi connectivity index (χ2n) is 5.44. The zero-order valence-corrected chi connectivity index (χ0v) is 17.7. The van der Waals surface area contributed by atoms with Crippen LogP contribution in [0.2, 0.25) is 0 Å². The molecule has 0 atom stereocenters. The Balaban J connectivity index is 0.00000338. The Morgan fingerprint density at radius 2 is 1.96 bits per heavy atom. The number of guanidine groups is 1. The number of nitrogens with zero attached hydrogens (tertiary/aromatic N) is 3. The molecule has 0 aliphatic rings. The van der Waals surface area contributed by atoms with Crippen molar-refractivity contribution < 1.29 is 9.47 Å². The molecule has 0 aliphatic carbocycles. The third-order valence-corrected chi connectivity index (χ3v) is 3.53. The van der Waals surface area contributed by atoms with Gasteiger partial charge in [0.2, 0.25) is 0 Å². The molecular formula is C18H28IN5O2. The van der Waals surface area contributed by atoms with Crippen molar-refractivity contribution in [3.05, 3.63) is 48.3 Å². The van der Waals surface area contributed by atoms with Crippen LogP contribution in [0.15, 0.2) is 47.7 Å². The van der Waals surface area contributed by atoms with Gasteiger partial charge in [-0.3, -0.25) is 4.99 Å². The lowest BCUT2D eigenvalue weighted by atomic mass is 10.3. The van der Waals surface area contributed by atoms with Crippen molar-refractivity contribution in [2.75, 3.05) is 40.5 Å². The topological polar surface area (TPSA) is 72.7 Å². The average Bonchev–Trinajstić information content (AvgIpc) is 3.13. The van der Waals surface area contributed by atoms with Gasteiger partial charge in [-0.15, -0.1) is 24.0 Å². The van der Waals surface area contributed by atoms with Crippen LogP contribution in [0.3, 0.4) is 0 Å². The van der Waals surface area contributed by atoms with Gasteiger partial charge >= 0.3 is 0 Å². The number of para-hydroxylation sites is 1. The Morgan fingerprint density at radius 1 is 1.15 bits per heavy atom. The number of aromatic nitrogens is 2. The van der Waals surface area contributed by atoms with Crippen LogP contribution in [-0.2, 0) is 16.0 Å². The number of halogens is 1. The molecule has 0 spiro atoms. The largest absolute Gasteiger partial charge is 0.382 e. The maximum absolute atomic E-state index is 5.43. The van der Waals surface area contributed by atoms with Gasteiger partial charge in [0.25, 0.3) is 0 Å². The molecule has 2 N–H and O–H groups in total. The quantitative estimate of drug-likeness (QED) is 0.240. The minimum Gasteiger partial charge on any atom is -0.382 e. The van der Waals surface area contributed by atoms with Gasteiger partial charge in [-0.05, 0) is 18.6 Å². The third-order valence-electron chi connectivity index (χ3n) is 3.53. The van der Waals surface area contributed by atoms with E-state index in [4.69, 9.17) is 9.47 Å². The van der Waals surface area contributed by atoms with Crippen LogP contribution >= 0.6 is 24.0 Å². The summed E-state index contributed by atoms with van der Waals surface area (Å²) in [5.74, 6) is 0.768. The van der Waals surface area contributed by atoms with E-state index in [2.05, 4.69) is 20.7 Å². The van der Waals surface area contributed by atoms with E-state index in [-0.39, 0.29) is 24.0 Å². The molecule has 0 saturated heterocycles. The molecule has 0 radical (unpaired) electrons. The summed E-state index contributed by atoms with van der Waals surface area (Å²) < 4.78 is 12.2. The van der Waals surface area contributed by atoms with Gasteiger partial charge in [0, 0.05) is 45.6 Å². The minimum atomic E-state index is 0. The van der Waals surface area contributed by atoms with Gasteiger partial charge < -0.3 is 20.1 Å². The fraction of sp³-hybridized carbons (Fsp3) is 0.444. The second-order valence-corrected chi connectivity index (χ2v) is 5.44. The van der Waals surface area contributed by atoms with Crippen molar-refractivity contribution in [1.82, 2.24) is 20.4 Å². The van der Waals surface area contributed by atoms with Crippen LogP contribution in [0.1, 0.15) is 12.0 Å². The first-order valence-electron chi connectivity index (χ1n) is 8.43. The molecular weight excluding hydrogens is 445 g/mol. The first kappa shape index (κ1) is 22.4. The maximum atomic E-state index is 5.43. The fourth-order valence-electron chi connectivity index (χ4n) is 2.21. The van der Waals surface area contributed by atoms with Crippen LogP contribution < -0.4 is 10.6 Å². The molecule has 2 aromatic rings. The highest BCUT2D eigenvalue weighted by molar-refractivity contribution is 14.0. The lowest BCUT2D eigenvalue weighted by molar-refractivity contribution is 0.0698. The molecule has 8 heteroatoms. The molecule has 144 valence electrons. The minimum absolute atomic E-state index is 0. The van der Waals surface area contributed by atoms with Crippen molar-refractivity contribution in [1.29, 1.82) is 0 Å². The highest BCUT2D eigenvalue weighted by atomic mass is 127. The summed E-state index contributed by atoms with van der Waals surface area (Å²) in [6.07, 6.45) is 4.78. The van der Waals surface area contributed by atoms with Gasteiger partial charge in [-0.2, -0.15) is 5.10 Å². The molecule has 2 rings (SSSR count). The lowest BCUT2D eigenvalue weighted by Gasteiger charge is -2.11. The van der Waals surface area contributed by atoms with Crippen molar-refractivity contribution in [3.63, 3.8) is 0 Å². The Bertz CT molecular complexity index is 634. The maximum Gasteiger partial charge on any atom is 0.191 e. The molecule has 1 aromatic carbocycles. The molecule has 26 heavy (non-hydrogen) atoms. The predicted molar refractivity (Wildman–Crippen MR) is 114 cm³/mol. The van der Waals surface area contributed by atoms with Crippen molar-refractivity contribution in [2.45, 2.75) is 13.0 Å². The molecule has 0 fully saturated rings. The zero-order chi connectivity index (χ0) is 17.7. The Kier molecular flexibility index (Phi) is 11.7. The molecule has 0 saturated carbocycles. The summed E-state index contributed by atoms with van der Waals surface area (Å²) in [5.41, 5.74) is 2.14. The highest BCUT2D eigenvalue weighted by Crippen LogP contribution is 2.07. The molecule has 0 bridgehead atoms. The number of ether oxygens (including phenoxy) is 2. The summed E-state index contributed by atoms with van der Waals surface area (Å²) >= 11 is 0. The van der Waals surface area contributed by atoms with Gasteiger partial charge in [0.1, 0.15) is 0 Å². The molecule has 1 aromatic heterocycles. The summed E-state index contributed by atoms with van der Waals surface area (Å²) in [7, 11) is 3.43. The van der Waals surface area contributed by atoms with Crippen LogP contribution in [0.5, 0.6) is 0 Å². The zero-order valence-electron chi connectivity index (χ0n) is 15.4. The average molecular weight is 473 g/mol. The Hall–Kier alpha value is -1.65. The van der Waals surface area contributed by atoms with Gasteiger partial charge in [-0.25, -0.2) is 4.68 Å². The number of rotatable bonds is 10. The van der Waals surface area contributed by atoms with Gasteiger partial charge in [0.15, 0.2) is 5.96 Å². The summed E-state index contributed by atoms with van der Waals surface area (Å²) in [4.78, 5) is 4.22. The first-order chi connectivity index (χ1) is 12.3. The molecule has 0 unspecified atom stereocenters. The van der Waals surface area contributed by atoms with Crippen LogP contribution in [-0.4, -0.2) is 56.3 Å². The van der Waals surface area contributed by atoms with Crippen LogP contribution in [0, 0.1) is 0 Å². The normalized spacial score (nSPS) is 11.1. The monoisotopic (exact) mass is 473 g/mol. The van der Waals surface area contributed by atoms with Crippen molar-refractivity contribution in [2.24, 2.45) is 4.99 Å². The van der Waals surface area contributed by atoms with E-state index in [0.717, 1.165) is 30.2 Å². The standard InChI is InChI=1S/C18H27N5O2.HI/c1-19-18(20-9-6-10-25-12-11-24-2)21-13-16-14-22-23(15-16)17-7-4-3-5-8-17;/h3-5,7-8,14-15H,6,9-13H2,1-2H3,(H2,19,20,21);1H. The van der Waals surface area contributed by atoms with E-state index < -0.39 is 0 Å². The Labute approximate surface area is 172 Å². The number of nitrogens with one attached hydrogen (secondary N) is 2. The summed E-state index contributed by atoms with van der Waals surface area (Å²) in [6, 6.07) is 10.0. The van der Waals surface area contributed by atoms with Crippen LogP contribution in [0.4, 0.5) is 0 Å². The fourth-order valence-corrected chi connectivity index (χ4v) is 2.21. The number of methoxy groups -OCH3 is 1. The molecule has 0 amide bonds. The van der Waals surface area contributed by atoms with E-state index in [9.17, 15) is 0 Å². The first-order valence-corrected chi connectivity index (χ1v) is 8.43. The van der Waals surface area contributed by atoms with Crippen molar-refractivity contribution in [3.8, 4) is 5.69 Å². The number of aliphatic imine (C=N–C) groups is 1. The van der Waals surface area contributed by atoms with Crippen molar-refractivity contribution >= 4 is 29.9 Å². The molecule has 1 heterocycles. The number of hydrogen-bond donors (Lipinski definition) is 2. The highest BCUT2D eigenvalue weighted by Gasteiger charge is 2.02. The Morgan fingerprint density at radius 3 is 2.69 bits per heavy atom. The van der Waals surface area contributed by atoms with E-state index in [1.54, 1.807) is 14.2 Å². The van der Waals surface area contributed by atoms with Gasteiger partial charge in [-0.1, -0.05) is 18.2 Å². The SMILES string of the molecule is CN=C(NCCCOCCOC)NCc1cnn(-c2ccccc2)c1.I. The predicted octanol–water partition coefficient (Wildman–Crippen LogP) is 2.21. The van der Waals surface area contributed by atoms with E-state index >= 15 is 0 Å². The molecule has 7 nitrogen and oxygen atoms in total.